The summed E-state index contributed by atoms with van der Waals surface area (Å²) in [5.41, 5.74) is 1.08. The molecule has 1 heterocycles. The van der Waals surface area contributed by atoms with Crippen molar-refractivity contribution in [1.29, 1.82) is 0 Å². The highest BCUT2D eigenvalue weighted by Gasteiger charge is 2.17. The van der Waals surface area contributed by atoms with Gasteiger partial charge in [-0.15, -0.1) is 0 Å². The van der Waals surface area contributed by atoms with E-state index in [-0.39, 0.29) is 16.8 Å². The fourth-order valence-corrected chi connectivity index (χ4v) is 1.94. The maximum Gasteiger partial charge on any atom is 0.352 e. The topological polar surface area (TPSA) is 59.3 Å². The number of carbonyl (C=O) groups excluding carboxylic acids is 1. The Morgan fingerprint density at radius 3 is 2.37 bits per heavy atom. The average molecular weight is 261 g/mol. The molecule has 0 spiro atoms. The van der Waals surface area contributed by atoms with E-state index in [0.717, 1.165) is 6.07 Å². The monoisotopic (exact) mass is 261 g/mol. The Kier molecular flexibility index (Phi) is 3.21. The van der Waals surface area contributed by atoms with Crippen LogP contribution in [0.25, 0.3) is 0 Å². The van der Waals surface area contributed by atoms with Crippen molar-refractivity contribution in [3.63, 3.8) is 0 Å². The number of hydrogen-bond donors (Lipinski definition) is 1. The standard InChI is InChI=1S/C14H12FNO3/c1-8-3-9(5-11(15)4-8)13(17)10-6-12(14(18)19)16(2)7-10/h3-7H,1-2H3,(H,18,19). The molecule has 98 valence electrons. The van der Waals surface area contributed by atoms with Crippen molar-refractivity contribution in [2.24, 2.45) is 7.05 Å². The van der Waals surface area contributed by atoms with Gasteiger partial charge in [0.1, 0.15) is 11.5 Å². The number of aromatic carboxylic acids is 1. The van der Waals surface area contributed by atoms with Crippen LogP contribution in [0.5, 0.6) is 0 Å². The van der Waals surface area contributed by atoms with Crippen LogP contribution >= 0.6 is 0 Å². The van der Waals surface area contributed by atoms with Crippen molar-refractivity contribution in [3.8, 4) is 0 Å². The van der Waals surface area contributed by atoms with Gasteiger partial charge in [0.25, 0.3) is 0 Å². The number of nitrogens with zero attached hydrogens (tertiary/aromatic N) is 1. The van der Waals surface area contributed by atoms with Crippen LogP contribution in [0.3, 0.4) is 0 Å². The highest BCUT2D eigenvalue weighted by atomic mass is 19.1. The lowest BCUT2D eigenvalue weighted by molar-refractivity contribution is 0.0686. The molecule has 0 aliphatic heterocycles. The summed E-state index contributed by atoms with van der Waals surface area (Å²) in [6.07, 6.45) is 1.42. The van der Waals surface area contributed by atoms with Crippen LogP contribution in [0.1, 0.15) is 32.0 Å². The van der Waals surface area contributed by atoms with E-state index < -0.39 is 17.6 Å². The Morgan fingerprint density at radius 2 is 1.84 bits per heavy atom. The molecular formula is C14H12FNO3. The van der Waals surface area contributed by atoms with Gasteiger partial charge in [0.15, 0.2) is 5.78 Å². The average Bonchev–Trinajstić information content (AvgIpc) is 2.69. The summed E-state index contributed by atoms with van der Waals surface area (Å²) in [5.74, 6) is -2.00. The molecule has 19 heavy (non-hydrogen) atoms. The Balaban J connectivity index is 2.44. The smallest absolute Gasteiger partial charge is 0.352 e. The number of ketones is 1. The first-order chi connectivity index (χ1) is 8.88. The molecule has 2 aromatic rings. The van der Waals surface area contributed by atoms with Crippen molar-refractivity contribution in [1.82, 2.24) is 4.57 Å². The van der Waals surface area contributed by atoms with Gasteiger partial charge in [-0.1, -0.05) is 0 Å². The molecule has 1 aromatic carbocycles. The van der Waals surface area contributed by atoms with E-state index in [4.69, 9.17) is 5.11 Å². The third-order valence-corrected chi connectivity index (χ3v) is 2.79. The maximum absolute atomic E-state index is 13.3. The Labute approximate surface area is 109 Å². The first-order valence-electron chi connectivity index (χ1n) is 5.60. The van der Waals surface area contributed by atoms with E-state index in [1.807, 2.05) is 0 Å². The zero-order valence-corrected chi connectivity index (χ0v) is 10.5. The van der Waals surface area contributed by atoms with Gasteiger partial charge < -0.3 is 9.67 Å². The van der Waals surface area contributed by atoms with Crippen molar-refractivity contribution in [2.75, 3.05) is 0 Å². The van der Waals surface area contributed by atoms with E-state index in [9.17, 15) is 14.0 Å². The summed E-state index contributed by atoms with van der Waals surface area (Å²) in [5, 5.41) is 8.93. The second-order valence-corrected chi connectivity index (χ2v) is 4.38. The zero-order chi connectivity index (χ0) is 14.2. The lowest BCUT2D eigenvalue weighted by Crippen LogP contribution is -2.02. The number of carboxylic acid groups (broad SMARTS) is 1. The normalized spacial score (nSPS) is 10.5. The van der Waals surface area contributed by atoms with Crippen LogP contribution in [0.2, 0.25) is 0 Å². The summed E-state index contributed by atoms with van der Waals surface area (Å²) in [6, 6.07) is 5.32. The first-order valence-corrected chi connectivity index (χ1v) is 5.60. The van der Waals surface area contributed by atoms with Crippen molar-refractivity contribution >= 4 is 11.8 Å². The van der Waals surface area contributed by atoms with Gasteiger partial charge in [0.2, 0.25) is 0 Å². The molecule has 4 nitrogen and oxygen atoms in total. The molecule has 0 aliphatic rings. The molecule has 0 aliphatic carbocycles. The third kappa shape index (κ3) is 2.54. The quantitative estimate of drug-likeness (QED) is 0.863. The molecule has 0 atom stereocenters. The van der Waals surface area contributed by atoms with Crippen molar-refractivity contribution < 1.29 is 19.1 Å². The van der Waals surface area contributed by atoms with Crippen LogP contribution in [-0.4, -0.2) is 21.4 Å². The van der Waals surface area contributed by atoms with Crippen LogP contribution in [0.4, 0.5) is 4.39 Å². The Hall–Kier alpha value is -2.43. The maximum atomic E-state index is 13.3. The number of carboxylic acids is 1. The van der Waals surface area contributed by atoms with Crippen LogP contribution in [0, 0.1) is 12.7 Å². The number of benzene rings is 1. The summed E-state index contributed by atoms with van der Waals surface area (Å²) >= 11 is 0. The molecule has 0 bridgehead atoms. The molecular weight excluding hydrogens is 249 g/mol. The van der Waals surface area contributed by atoms with E-state index >= 15 is 0 Å². The SMILES string of the molecule is Cc1cc(F)cc(C(=O)c2cc(C(=O)O)n(C)c2)c1. The number of aryl methyl sites for hydroxylation is 2. The third-order valence-electron chi connectivity index (χ3n) is 2.79. The molecule has 1 aromatic heterocycles. The van der Waals surface area contributed by atoms with Gasteiger partial charge in [-0.3, -0.25) is 4.79 Å². The van der Waals surface area contributed by atoms with Gasteiger partial charge in [-0.2, -0.15) is 0 Å². The number of hydrogen-bond acceptors (Lipinski definition) is 2. The van der Waals surface area contributed by atoms with Crippen LogP contribution in [-0.2, 0) is 7.05 Å². The Bertz CT molecular complexity index is 653. The molecule has 0 saturated carbocycles. The molecule has 0 amide bonds. The predicted molar refractivity (Wildman–Crippen MR) is 66.9 cm³/mol. The lowest BCUT2D eigenvalue weighted by Gasteiger charge is -2.01. The van der Waals surface area contributed by atoms with E-state index in [0.29, 0.717) is 5.56 Å². The van der Waals surface area contributed by atoms with Crippen molar-refractivity contribution in [2.45, 2.75) is 6.92 Å². The van der Waals surface area contributed by atoms with Gasteiger partial charge >= 0.3 is 5.97 Å². The van der Waals surface area contributed by atoms with Gasteiger partial charge in [0.05, 0.1) is 0 Å². The minimum atomic E-state index is -1.11. The highest BCUT2D eigenvalue weighted by molar-refractivity contribution is 6.10. The Morgan fingerprint density at radius 1 is 1.16 bits per heavy atom. The number of halogens is 1. The van der Waals surface area contributed by atoms with Crippen molar-refractivity contribution in [3.05, 3.63) is 58.7 Å². The van der Waals surface area contributed by atoms with Gasteiger partial charge in [-0.05, 0) is 36.8 Å². The number of rotatable bonds is 3. The fraction of sp³-hybridized carbons (Fsp3) is 0.143. The van der Waals surface area contributed by atoms with E-state index in [1.54, 1.807) is 13.0 Å². The number of carbonyl (C=O) groups is 2. The first kappa shape index (κ1) is 13.0. The molecule has 2 rings (SSSR count). The molecule has 0 radical (unpaired) electrons. The fourth-order valence-electron chi connectivity index (χ4n) is 1.94. The predicted octanol–water partition coefficient (Wildman–Crippen LogP) is 2.40. The summed E-state index contributed by atoms with van der Waals surface area (Å²) in [6.45, 7) is 1.69. The molecule has 0 fully saturated rings. The van der Waals surface area contributed by atoms with Crippen LogP contribution < -0.4 is 0 Å². The molecule has 5 heteroatoms. The summed E-state index contributed by atoms with van der Waals surface area (Å²) in [4.78, 5) is 23.1. The zero-order valence-electron chi connectivity index (χ0n) is 10.5. The molecule has 1 N–H and O–H groups in total. The second-order valence-electron chi connectivity index (χ2n) is 4.38. The van der Waals surface area contributed by atoms with E-state index in [2.05, 4.69) is 0 Å². The second kappa shape index (κ2) is 4.68. The summed E-state index contributed by atoms with van der Waals surface area (Å²) in [7, 11) is 1.54. The minimum Gasteiger partial charge on any atom is -0.477 e. The molecule has 0 saturated heterocycles. The largest absolute Gasteiger partial charge is 0.477 e. The summed E-state index contributed by atoms with van der Waals surface area (Å²) < 4.78 is 14.6. The van der Waals surface area contributed by atoms with Gasteiger partial charge in [0, 0.05) is 24.4 Å². The van der Waals surface area contributed by atoms with E-state index in [1.165, 1.54) is 29.9 Å². The lowest BCUT2D eigenvalue weighted by atomic mass is 10.0. The highest BCUT2D eigenvalue weighted by Crippen LogP contribution is 2.16. The van der Waals surface area contributed by atoms with Crippen LogP contribution in [0.15, 0.2) is 30.5 Å². The van der Waals surface area contributed by atoms with Gasteiger partial charge in [-0.25, -0.2) is 9.18 Å². The number of aromatic nitrogens is 1. The minimum absolute atomic E-state index is 0.0106. The molecule has 0 unspecified atom stereocenters.